The molecule has 0 heterocycles. The van der Waals surface area contributed by atoms with Gasteiger partial charge in [0.1, 0.15) is 0 Å². The first-order chi connectivity index (χ1) is 7.50. The lowest BCUT2D eigenvalue weighted by molar-refractivity contribution is 0.0882. The summed E-state index contributed by atoms with van der Waals surface area (Å²) < 4.78 is 0. The van der Waals surface area contributed by atoms with Crippen molar-refractivity contribution in [2.75, 3.05) is 13.1 Å². The van der Waals surface area contributed by atoms with E-state index in [1.807, 2.05) is 0 Å². The predicted molar refractivity (Wildman–Crippen MR) is 81.2 cm³/mol. The van der Waals surface area contributed by atoms with Crippen LogP contribution in [0.4, 0.5) is 0 Å². The molecule has 0 aliphatic heterocycles. The second kappa shape index (κ2) is 6.24. The van der Waals surface area contributed by atoms with E-state index in [-0.39, 0.29) is 11.1 Å². The van der Waals surface area contributed by atoms with Gasteiger partial charge in [0, 0.05) is 23.7 Å². The second-order valence-corrected chi connectivity index (χ2v) is 7.25. The molecule has 0 aromatic carbocycles. The van der Waals surface area contributed by atoms with Crippen molar-refractivity contribution in [1.29, 1.82) is 0 Å². The first kappa shape index (κ1) is 17.0. The van der Waals surface area contributed by atoms with Crippen LogP contribution in [-0.2, 0) is 0 Å². The van der Waals surface area contributed by atoms with Crippen molar-refractivity contribution >= 4 is 7.98 Å². The van der Waals surface area contributed by atoms with Gasteiger partial charge in [0.2, 0.25) is 0 Å². The Hall–Kier alpha value is -0.0151. The first-order valence-electron chi connectivity index (χ1n) is 6.98. The van der Waals surface area contributed by atoms with Gasteiger partial charge in [-0.3, -0.25) is 4.90 Å². The van der Waals surface area contributed by atoms with Crippen molar-refractivity contribution in [2.24, 2.45) is 0 Å². The molecule has 17 heavy (non-hydrogen) atoms. The van der Waals surface area contributed by atoms with Crippen LogP contribution in [0.15, 0.2) is 0 Å². The normalized spacial score (nSPS) is 15.6. The number of nitrogens with zero attached hydrogens (tertiary/aromatic N) is 2. The van der Waals surface area contributed by atoms with Crippen molar-refractivity contribution in [1.82, 2.24) is 9.71 Å². The Morgan fingerprint density at radius 3 is 1.76 bits per heavy atom. The monoisotopic (exact) mass is 240 g/mol. The number of rotatable bonds is 5. The third-order valence-electron chi connectivity index (χ3n) is 3.65. The molecule has 0 bridgehead atoms. The summed E-state index contributed by atoms with van der Waals surface area (Å²) in [4.78, 5) is 5.07. The van der Waals surface area contributed by atoms with E-state index in [0.29, 0.717) is 6.04 Å². The highest BCUT2D eigenvalue weighted by molar-refractivity contribution is 6.05. The summed E-state index contributed by atoms with van der Waals surface area (Å²) in [6, 6.07) is 0.584. The molecule has 0 aromatic rings. The lowest BCUT2D eigenvalue weighted by Crippen LogP contribution is -2.53. The van der Waals surface area contributed by atoms with Crippen molar-refractivity contribution in [3.8, 4) is 0 Å². The number of hydrogen-bond acceptors (Lipinski definition) is 2. The summed E-state index contributed by atoms with van der Waals surface area (Å²) in [5, 5.41) is 0. The van der Waals surface area contributed by atoms with Gasteiger partial charge in [-0.2, -0.15) is 0 Å². The Balaban J connectivity index is 4.56. The third kappa shape index (κ3) is 5.92. The van der Waals surface area contributed by atoms with Gasteiger partial charge in [0.15, 0.2) is 7.98 Å². The van der Waals surface area contributed by atoms with Crippen LogP contribution in [0.1, 0.15) is 61.8 Å². The molecule has 0 spiro atoms. The highest BCUT2D eigenvalue weighted by Gasteiger charge is 2.27. The van der Waals surface area contributed by atoms with Gasteiger partial charge in [0.05, 0.1) is 0 Å². The average molecular weight is 240 g/mol. The largest absolute Gasteiger partial charge is 0.341 e. The molecule has 1 unspecified atom stereocenters. The van der Waals surface area contributed by atoms with Crippen molar-refractivity contribution in [3.63, 3.8) is 0 Å². The molecule has 102 valence electrons. The Labute approximate surface area is 110 Å². The summed E-state index contributed by atoms with van der Waals surface area (Å²) in [7, 11) is 2.23. The summed E-state index contributed by atoms with van der Waals surface area (Å²) in [5.41, 5.74) is 0.512. The van der Waals surface area contributed by atoms with Crippen LogP contribution in [0.2, 0.25) is 0 Å². The summed E-state index contributed by atoms with van der Waals surface area (Å²) >= 11 is 0. The fourth-order valence-corrected chi connectivity index (χ4v) is 2.07. The molecule has 2 nitrogen and oxygen atoms in total. The lowest BCUT2D eigenvalue weighted by Gasteiger charge is -2.43. The smallest absolute Gasteiger partial charge is 0.186 e. The van der Waals surface area contributed by atoms with Gasteiger partial charge in [-0.05, 0) is 61.4 Å². The zero-order valence-electron chi connectivity index (χ0n) is 13.6. The molecule has 0 aliphatic carbocycles. The SMILES string of the molecule is BN(C(C)CN(CCC)C(C)(C)C)C(C)(C)C. The Bertz CT molecular complexity index is 215. The molecule has 0 saturated heterocycles. The molecule has 0 amide bonds. The number of hydrogen-bond donors (Lipinski definition) is 0. The van der Waals surface area contributed by atoms with E-state index in [9.17, 15) is 0 Å². The molecule has 0 aliphatic rings. The van der Waals surface area contributed by atoms with E-state index in [0.717, 1.165) is 6.54 Å². The molecule has 0 radical (unpaired) electrons. The standard InChI is InChI=1S/C14H33BN2/c1-9-10-16(13(3,4)5)11-12(2)17(15)14(6,7)8/h12H,9-11,15H2,1-8H3. The van der Waals surface area contributed by atoms with E-state index in [1.165, 1.54) is 13.0 Å². The van der Waals surface area contributed by atoms with Crippen molar-refractivity contribution in [3.05, 3.63) is 0 Å². The van der Waals surface area contributed by atoms with Crippen LogP contribution in [0, 0.1) is 0 Å². The van der Waals surface area contributed by atoms with Gasteiger partial charge in [-0.1, -0.05) is 6.92 Å². The minimum Gasteiger partial charge on any atom is -0.341 e. The lowest BCUT2D eigenvalue weighted by atomic mass is 9.96. The molecule has 3 heteroatoms. The third-order valence-corrected chi connectivity index (χ3v) is 3.65. The fourth-order valence-electron chi connectivity index (χ4n) is 2.07. The highest BCUT2D eigenvalue weighted by atomic mass is 15.2. The molecule has 0 aromatic heterocycles. The molecule has 0 rings (SSSR count). The van der Waals surface area contributed by atoms with Crippen molar-refractivity contribution < 1.29 is 0 Å². The molecule has 1 atom stereocenters. The Morgan fingerprint density at radius 1 is 1.00 bits per heavy atom. The van der Waals surface area contributed by atoms with Gasteiger partial charge in [0.25, 0.3) is 0 Å². The second-order valence-electron chi connectivity index (χ2n) is 7.25. The van der Waals surface area contributed by atoms with Crippen LogP contribution in [-0.4, -0.2) is 47.9 Å². The topological polar surface area (TPSA) is 6.48 Å². The molecule has 0 N–H and O–H groups in total. The van der Waals surface area contributed by atoms with Crippen LogP contribution < -0.4 is 0 Å². The minimum atomic E-state index is 0.245. The highest BCUT2D eigenvalue weighted by Crippen LogP contribution is 2.19. The van der Waals surface area contributed by atoms with Crippen LogP contribution >= 0.6 is 0 Å². The summed E-state index contributed by atoms with van der Waals surface area (Å²) in [6.45, 7) is 20.7. The van der Waals surface area contributed by atoms with Crippen LogP contribution in [0.5, 0.6) is 0 Å². The van der Waals surface area contributed by atoms with E-state index in [1.54, 1.807) is 0 Å². The van der Waals surface area contributed by atoms with Crippen LogP contribution in [0.25, 0.3) is 0 Å². The molecular formula is C14H33BN2. The van der Waals surface area contributed by atoms with E-state index in [2.05, 4.69) is 73.1 Å². The van der Waals surface area contributed by atoms with E-state index in [4.69, 9.17) is 0 Å². The average Bonchev–Trinajstić information content (AvgIpc) is 2.12. The first-order valence-corrected chi connectivity index (χ1v) is 6.98. The van der Waals surface area contributed by atoms with E-state index < -0.39 is 0 Å². The van der Waals surface area contributed by atoms with Crippen molar-refractivity contribution in [2.45, 2.75) is 78.9 Å². The van der Waals surface area contributed by atoms with Gasteiger partial charge >= 0.3 is 0 Å². The summed E-state index contributed by atoms with van der Waals surface area (Å²) in [6.07, 6.45) is 1.23. The maximum atomic E-state index is 2.60. The van der Waals surface area contributed by atoms with E-state index >= 15 is 0 Å². The zero-order chi connectivity index (χ0) is 13.9. The molecule has 0 saturated carbocycles. The van der Waals surface area contributed by atoms with Crippen LogP contribution in [0.3, 0.4) is 0 Å². The molecular weight excluding hydrogens is 207 g/mol. The van der Waals surface area contributed by atoms with Gasteiger partial charge < -0.3 is 4.81 Å². The zero-order valence-corrected chi connectivity index (χ0v) is 13.6. The van der Waals surface area contributed by atoms with Gasteiger partial charge in [-0.15, -0.1) is 0 Å². The minimum absolute atomic E-state index is 0.245. The maximum absolute atomic E-state index is 2.60. The van der Waals surface area contributed by atoms with Gasteiger partial charge in [-0.25, -0.2) is 0 Å². The molecule has 0 fully saturated rings. The fraction of sp³-hybridized carbons (Fsp3) is 1.00. The summed E-state index contributed by atoms with van der Waals surface area (Å²) in [5.74, 6) is 0. The Kier molecular flexibility index (Phi) is 6.23. The quantitative estimate of drug-likeness (QED) is 0.681. The predicted octanol–water partition coefficient (Wildman–Crippen LogP) is 2.53. The Morgan fingerprint density at radius 2 is 1.47 bits per heavy atom. The maximum Gasteiger partial charge on any atom is 0.186 e.